The number of nitrogen functional groups attached to an aromatic ring is 1. The summed E-state index contributed by atoms with van der Waals surface area (Å²) in [4.78, 5) is 8.58. The van der Waals surface area contributed by atoms with E-state index in [0.29, 0.717) is 34.0 Å². The summed E-state index contributed by atoms with van der Waals surface area (Å²) >= 11 is 0. The van der Waals surface area contributed by atoms with Crippen molar-refractivity contribution in [2.75, 3.05) is 5.73 Å². The van der Waals surface area contributed by atoms with Crippen LogP contribution < -0.4 is 5.73 Å². The first kappa shape index (κ1) is 17.4. The number of hydrogen-bond acceptors (Lipinski definition) is 5. The highest BCUT2D eigenvalue weighted by Crippen LogP contribution is 2.46. The lowest BCUT2D eigenvalue weighted by Crippen LogP contribution is -2.11. The van der Waals surface area contributed by atoms with E-state index in [4.69, 9.17) is 10.8 Å². The summed E-state index contributed by atoms with van der Waals surface area (Å²) in [5.74, 6) is 0.284. The van der Waals surface area contributed by atoms with E-state index in [1.807, 2.05) is 4.68 Å². The number of halogens is 1. The smallest absolute Gasteiger partial charge is 0.164 e. The van der Waals surface area contributed by atoms with Crippen molar-refractivity contribution >= 4 is 16.9 Å². The number of nitrogens with zero attached hydrogens (tertiary/aromatic N) is 4. The Kier molecular flexibility index (Phi) is 3.63. The van der Waals surface area contributed by atoms with E-state index in [9.17, 15) is 9.50 Å². The molecule has 2 aromatic carbocycles. The molecule has 1 unspecified atom stereocenters. The van der Waals surface area contributed by atoms with E-state index in [1.165, 1.54) is 48.0 Å². The van der Waals surface area contributed by atoms with Crippen LogP contribution in [-0.4, -0.2) is 24.9 Å². The third kappa shape index (κ3) is 2.65. The molecule has 0 amide bonds. The van der Waals surface area contributed by atoms with Gasteiger partial charge in [-0.05, 0) is 60.4 Å². The average Bonchev–Trinajstić information content (AvgIpc) is 3.33. The summed E-state index contributed by atoms with van der Waals surface area (Å²) in [7, 11) is 0. The number of aromatic hydroxyl groups is 1. The first-order valence-corrected chi connectivity index (χ1v) is 10.2. The second-order valence-electron chi connectivity index (χ2n) is 8.27. The molecule has 4 aromatic rings. The fraction of sp³-hybridized carbons (Fsp3) is 0.261. The number of phenolic OH excluding ortho intramolecular Hbond substituents is 1. The van der Waals surface area contributed by atoms with E-state index in [1.54, 1.807) is 0 Å². The molecule has 2 aliphatic carbocycles. The molecule has 0 aliphatic heterocycles. The summed E-state index contributed by atoms with van der Waals surface area (Å²) in [6.07, 6.45) is 5.72. The first-order chi connectivity index (χ1) is 14.6. The van der Waals surface area contributed by atoms with Crippen LogP contribution in [0.15, 0.2) is 42.7 Å². The third-order valence-electron chi connectivity index (χ3n) is 6.24. The van der Waals surface area contributed by atoms with E-state index in [-0.39, 0.29) is 11.8 Å². The van der Waals surface area contributed by atoms with Crippen LogP contribution in [0.2, 0.25) is 0 Å². The fourth-order valence-electron chi connectivity index (χ4n) is 4.77. The largest absolute Gasteiger partial charge is 0.508 e. The normalized spacial score (nSPS) is 18.1. The van der Waals surface area contributed by atoms with Gasteiger partial charge in [0.15, 0.2) is 5.65 Å². The number of nitrogens with two attached hydrogens (primary N) is 1. The van der Waals surface area contributed by atoms with Crippen LogP contribution in [-0.2, 0) is 12.8 Å². The molecule has 6 rings (SSSR count). The topological polar surface area (TPSA) is 89.8 Å². The van der Waals surface area contributed by atoms with Gasteiger partial charge in [0.05, 0.1) is 11.4 Å². The van der Waals surface area contributed by atoms with Crippen LogP contribution in [0.25, 0.3) is 22.3 Å². The molecule has 1 atom stereocenters. The molecule has 2 aromatic heterocycles. The van der Waals surface area contributed by atoms with Gasteiger partial charge >= 0.3 is 0 Å². The van der Waals surface area contributed by atoms with Gasteiger partial charge in [-0.25, -0.2) is 19.0 Å². The Morgan fingerprint density at radius 2 is 1.97 bits per heavy atom. The zero-order valence-electron chi connectivity index (χ0n) is 16.2. The highest BCUT2D eigenvalue weighted by molar-refractivity contribution is 5.98. The van der Waals surface area contributed by atoms with E-state index < -0.39 is 5.82 Å². The van der Waals surface area contributed by atoms with Crippen molar-refractivity contribution in [1.29, 1.82) is 0 Å². The average molecular weight is 401 g/mol. The van der Waals surface area contributed by atoms with Gasteiger partial charge in [-0.1, -0.05) is 18.2 Å². The van der Waals surface area contributed by atoms with Crippen LogP contribution in [0.5, 0.6) is 5.75 Å². The van der Waals surface area contributed by atoms with Crippen molar-refractivity contribution in [2.45, 2.75) is 37.6 Å². The second kappa shape index (κ2) is 6.26. The van der Waals surface area contributed by atoms with Crippen molar-refractivity contribution in [1.82, 2.24) is 19.7 Å². The fourth-order valence-corrected chi connectivity index (χ4v) is 4.77. The molecular weight excluding hydrogens is 381 g/mol. The van der Waals surface area contributed by atoms with Gasteiger partial charge < -0.3 is 10.8 Å². The van der Waals surface area contributed by atoms with Gasteiger partial charge in [0.2, 0.25) is 0 Å². The van der Waals surface area contributed by atoms with Crippen LogP contribution in [0.3, 0.4) is 0 Å². The van der Waals surface area contributed by atoms with Crippen LogP contribution in [0.4, 0.5) is 10.2 Å². The molecule has 2 heterocycles. The summed E-state index contributed by atoms with van der Waals surface area (Å²) in [6.45, 7) is 0. The number of rotatable bonds is 3. The quantitative estimate of drug-likeness (QED) is 0.539. The molecular formula is C23H20FN5O. The molecule has 0 radical (unpaired) electrons. The zero-order valence-corrected chi connectivity index (χ0v) is 16.2. The Labute approximate surface area is 172 Å². The Morgan fingerprint density at radius 1 is 1.10 bits per heavy atom. The summed E-state index contributed by atoms with van der Waals surface area (Å²) in [6, 6.07) is 10.6. The lowest BCUT2D eigenvalue weighted by molar-refractivity contribution is 0.469. The summed E-state index contributed by atoms with van der Waals surface area (Å²) < 4.78 is 15.9. The maximum atomic E-state index is 14.0. The number of anilines is 1. The highest BCUT2D eigenvalue weighted by Gasteiger charge is 2.33. The van der Waals surface area contributed by atoms with E-state index >= 15 is 0 Å². The van der Waals surface area contributed by atoms with Gasteiger partial charge in [0, 0.05) is 11.6 Å². The maximum Gasteiger partial charge on any atom is 0.164 e. The van der Waals surface area contributed by atoms with Crippen molar-refractivity contribution in [3.8, 4) is 17.0 Å². The lowest BCUT2D eigenvalue weighted by Gasteiger charge is -2.11. The predicted molar refractivity (Wildman–Crippen MR) is 112 cm³/mol. The van der Waals surface area contributed by atoms with Crippen LogP contribution in [0, 0.1) is 5.82 Å². The molecule has 150 valence electrons. The molecule has 30 heavy (non-hydrogen) atoms. The zero-order chi connectivity index (χ0) is 20.4. The number of phenols is 1. The Balaban J connectivity index is 1.50. The van der Waals surface area contributed by atoms with Gasteiger partial charge in [0.1, 0.15) is 29.4 Å². The highest BCUT2D eigenvalue weighted by atomic mass is 19.1. The molecule has 6 nitrogen and oxygen atoms in total. The van der Waals surface area contributed by atoms with Crippen molar-refractivity contribution < 1.29 is 9.50 Å². The van der Waals surface area contributed by atoms with E-state index in [2.05, 4.69) is 28.2 Å². The van der Waals surface area contributed by atoms with E-state index in [0.717, 1.165) is 18.9 Å². The van der Waals surface area contributed by atoms with Gasteiger partial charge in [-0.15, -0.1) is 0 Å². The van der Waals surface area contributed by atoms with Crippen LogP contribution >= 0.6 is 0 Å². The number of hydrogen-bond donors (Lipinski definition) is 2. The Hall–Kier alpha value is -3.48. The SMILES string of the molecule is Nc1ncnc2c1c(-c1cc(O)cc(F)c1)nn2C1Cc2cccc(C3CC3)c2C1. The minimum Gasteiger partial charge on any atom is -0.508 e. The Morgan fingerprint density at radius 3 is 2.77 bits per heavy atom. The van der Waals surface area contributed by atoms with Crippen molar-refractivity contribution in [3.05, 3.63) is 65.2 Å². The molecule has 0 saturated heterocycles. The molecule has 1 saturated carbocycles. The van der Waals surface area contributed by atoms with Gasteiger partial charge in [-0.3, -0.25) is 0 Å². The molecule has 7 heteroatoms. The van der Waals surface area contributed by atoms with Crippen molar-refractivity contribution in [2.24, 2.45) is 0 Å². The number of fused-ring (bicyclic) bond motifs is 2. The van der Waals surface area contributed by atoms with Gasteiger partial charge in [0.25, 0.3) is 0 Å². The van der Waals surface area contributed by atoms with Crippen molar-refractivity contribution in [3.63, 3.8) is 0 Å². The Bertz CT molecular complexity index is 1290. The summed E-state index contributed by atoms with van der Waals surface area (Å²) in [5.41, 5.74) is 12.0. The number of aromatic nitrogens is 4. The predicted octanol–water partition coefficient (Wildman–Crippen LogP) is 4.14. The molecule has 2 aliphatic rings. The molecule has 3 N–H and O–H groups in total. The first-order valence-electron chi connectivity index (χ1n) is 10.2. The number of benzene rings is 2. The summed E-state index contributed by atoms with van der Waals surface area (Å²) in [5, 5.41) is 15.3. The second-order valence-corrected chi connectivity index (χ2v) is 8.27. The molecule has 0 spiro atoms. The maximum absolute atomic E-state index is 14.0. The van der Waals surface area contributed by atoms with Crippen LogP contribution in [0.1, 0.15) is 41.5 Å². The third-order valence-corrected chi connectivity index (χ3v) is 6.24. The minimum absolute atomic E-state index is 0.104. The molecule has 0 bridgehead atoms. The monoisotopic (exact) mass is 401 g/mol. The lowest BCUT2D eigenvalue weighted by atomic mass is 10.00. The standard InChI is InChI=1S/C23H20FN5O/c24-15-6-14(8-17(30)9-15)21-20-22(25)26-11-27-23(20)29(28-21)16-7-13-2-1-3-18(12-4-5-12)19(13)10-16/h1-3,6,8-9,11-12,16,30H,4-5,7,10H2,(H2,25,26,27). The minimum atomic E-state index is -0.537. The molecule has 1 fully saturated rings. The van der Waals surface area contributed by atoms with Gasteiger partial charge in [-0.2, -0.15) is 5.10 Å².